The number of benzene rings is 1. The van der Waals surface area contributed by atoms with Crippen LogP contribution in [0.4, 0.5) is 0 Å². The van der Waals surface area contributed by atoms with Gasteiger partial charge in [-0.1, -0.05) is 12.1 Å². The lowest BCUT2D eigenvalue weighted by atomic mass is 9.98. The van der Waals surface area contributed by atoms with E-state index in [1.807, 2.05) is 24.7 Å². The first kappa shape index (κ1) is 16.2. The van der Waals surface area contributed by atoms with E-state index >= 15 is 0 Å². The topological polar surface area (TPSA) is 43.2 Å². The maximum Gasteiger partial charge on any atom is 0.122 e. The summed E-state index contributed by atoms with van der Waals surface area (Å²) in [6.45, 7) is 4.50. The molecule has 5 heteroatoms. The molecule has 25 heavy (non-hydrogen) atoms. The molecule has 0 saturated carbocycles. The van der Waals surface area contributed by atoms with E-state index in [1.54, 1.807) is 0 Å². The Morgan fingerprint density at radius 2 is 2.16 bits per heavy atom. The average molecular weight is 336 g/mol. The molecule has 0 bridgehead atoms. The zero-order chi connectivity index (χ0) is 17.1. The maximum atomic E-state index is 5.87. The number of hydrogen-bond donors (Lipinski definition) is 0. The molecule has 3 heterocycles. The Bertz CT molecular complexity index is 844. The van der Waals surface area contributed by atoms with E-state index in [1.165, 1.54) is 10.9 Å². The maximum absolute atomic E-state index is 5.87. The van der Waals surface area contributed by atoms with Crippen LogP contribution in [0, 0.1) is 5.92 Å². The molecule has 130 valence electrons. The van der Waals surface area contributed by atoms with Crippen LogP contribution in [0.5, 0.6) is 0 Å². The molecular weight excluding hydrogens is 312 g/mol. The molecule has 1 saturated heterocycles. The highest BCUT2D eigenvalue weighted by atomic mass is 16.5. The van der Waals surface area contributed by atoms with Crippen molar-refractivity contribution in [3.8, 4) is 0 Å². The van der Waals surface area contributed by atoms with Crippen LogP contribution in [-0.4, -0.2) is 45.7 Å². The molecule has 0 spiro atoms. The normalized spacial score (nSPS) is 19.2. The molecule has 0 unspecified atom stereocenters. The summed E-state index contributed by atoms with van der Waals surface area (Å²) in [6.07, 6.45) is 6.74. The minimum absolute atomic E-state index is 0.497. The van der Waals surface area contributed by atoms with Gasteiger partial charge in [-0.25, -0.2) is 4.98 Å². The molecule has 0 aliphatic carbocycles. The van der Waals surface area contributed by atoms with Crippen molar-refractivity contribution in [1.29, 1.82) is 0 Å². The Morgan fingerprint density at radius 3 is 3.04 bits per heavy atom. The fourth-order valence-corrected chi connectivity index (χ4v) is 3.55. The molecule has 0 radical (unpaired) electrons. The van der Waals surface area contributed by atoms with Crippen molar-refractivity contribution in [3.63, 3.8) is 0 Å². The molecule has 3 aromatic rings. The standard InChI is InChI=1S/C20H24N4O/c1-23-8-7-22-20(23)14-24-9-10-25-15-17(13-24)11-16-4-5-19-18(12-16)3-2-6-21-19/h2-8,12,17H,9-11,13-15H2,1H3/t17-/m1/s1. The zero-order valence-corrected chi connectivity index (χ0v) is 14.6. The highest BCUT2D eigenvalue weighted by Gasteiger charge is 2.20. The summed E-state index contributed by atoms with van der Waals surface area (Å²) in [5.41, 5.74) is 2.41. The number of ether oxygens (including phenoxy) is 1. The average Bonchev–Trinajstić information content (AvgIpc) is 2.89. The molecule has 2 aromatic heterocycles. The Morgan fingerprint density at radius 1 is 1.20 bits per heavy atom. The molecule has 0 N–H and O–H groups in total. The number of aryl methyl sites for hydroxylation is 1. The lowest BCUT2D eigenvalue weighted by molar-refractivity contribution is 0.121. The second-order valence-electron chi connectivity index (χ2n) is 6.87. The van der Waals surface area contributed by atoms with E-state index < -0.39 is 0 Å². The lowest BCUT2D eigenvalue weighted by Gasteiger charge is -2.23. The lowest BCUT2D eigenvalue weighted by Crippen LogP contribution is -2.31. The second kappa shape index (κ2) is 7.33. The van der Waals surface area contributed by atoms with Gasteiger partial charge in [0.1, 0.15) is 5.82 Å². The van der Waals surface area contributed by atoms with Crippen LogP contribution in [0.1, 0.15) is 11.4 Å². The van der Waals surface area contributed by atoms with Crippen molar-refractivity contribution in [2.75, 3.05) is 26.3 Å². The molecule has 4 rings (SSSR count). The highest BCUT2D eigenvalue weighted by molar-refractivity contribution is 5.78. The summed E-state index contributed by atoms with van der Waals surface area (Å²) in [6, 6.07) is 10.7. The summed E-state index contributed by atoms with van der Waals surface area (Å²) in [4.78, 5) is 11.3. The molecular formula is C20H24N4O. The minimum atomic E-state index is 0.497. The van der Waals surface area contributed by atoms with Crippen LogP contribution in [0.3, 0.4) is 0 Å². The van der Waals surface area contributed by atoms with Gasteiger partial charge in [-0.2, -0.15) is 0 Å². The first-order valence-corrected chi connectivity index (χ1v) is 8.88. The van der Waals surface area contributed by atoms with Crippen LogP contribution in [-0.2, 0) is 24.8 Å². The Kier molecular flexibility index (Phi) is 4.76. The third-order valence-corrected chi connectivity index (χ3v) is 4.90. The van der Waals surface area contributed by atoms with Crippen LogP contribution < -0.4 is 0 Å². The summed E-state index contributed by atoms with van der Waals surface area (Å²) >= 11 is 0. The van der Waals surface area contributed by atoms with Gasteiger partial charge in [-0.3, -0.25) is 9.88 Å². The molecule has 1 aliphatic rings. The number of pyridine rings is 1. The van der Waals surface area contributed by atoms with Crippen molar-refractivity contribution in [2.24, 2.45) is 13.0 Å². The fraction of sp³-hybridized carbons (Fsp3) is 0.400. The van der Waals surface area contributed by atoms with Gasteiger partial charge in [0.05, 0.1) is 25.3 Å². The van der Waals surface area contributed by atoms with Gasteiger partial charge in [0, 0.05) is 44.1 Å². The van der Waals surface area contributed by atoms with Gasteiger partial charge in [0.2, 0.25) is 0 Å². The van der Waals surface area contributed by atoms with Gasteiger partial charge < -0.3 is 9.30 Å². The van der Waals surface area contributed by atoms with E-state index in [-0.39, 0.29) is 0 Å². The molecule has 1 atom stereocenters. The van der Waals surface area contributed by atoms with Crippen LogP contribution in [0.2, 0.25) is 0 Å². The predicted molar refractivity (Wildman–Crippen MR) is 98.2 cm³/mol. The highest BCUT2D eigenvalue weighted by Crippen LogP contribution is 2.19. The van der Waals surface area contributed by atoms with E-state index in [4.69, 9.17) is 4.74 Å². The van der Waals surface area contributed by atoms with Crippen molar-refractivity contribution >= 4 is 10.9 Å². The van der Waals surface area contributed by atoms with Crippen molar-refractivity contribution in [3.05, 3.63) is 60.3 Å². The molecule has 1 aliphatic heterocycles. The smallest absolute Gasteiger partial charge is 0.122 e. The molecule has 1 aromatic carbocycles. The van der Waals surface area contributed by atoms with Crippen LogP contribution >= 0.6 is 0 Å². The van der Waals surface area contributed by atoms with Crippen molar-refractivity contribution in [1.82, 2.24) is 19.4 Å². The molecule has 1 fully saturated rings. The third kappa shape index (κ3) is 3.89. The molecule has 5 nitrogen and oxygen atoms in total. The third-order valence-electron chi connectivity index (χ3n) is 4.90. The van der Waals surface area contributed by atoms with Crippen LogP contribution in [0.25, 0.3) is 10.9 Å². The fourth-order valence-electron chi connectivity index (χ4n) is 3.55. The van der Waals surface area contributed by atoms with Gasteiger partial charge in [-0.05, 0) is 36.1 Å². The summed E-state index contributed by atoms with van der Waals surface area (Å²) in [5, 5.41) is 1.21. The Balaban J connectivity index is 1.45. The van der Waals surface area contributed by atoms with E-state index in [0.717, 1.165) is 50.6 Å². The monoisotopic (exact) mass is 336 g/mol. The minimum Gasteiger partial charge on any atom is -0.380 e. The quantitative estimate of drug-likeness (QED) is 0.735. The summed E-state index contributed by atoms with van der Waals surface area (Å²) in [5.74, 6) is 1.61. The summed E-state index contributed by atoms with van der Waals surface area (Å²) < 4.78 is 7.96. The van der Waals surface area contributed by atoms with Crippen molar-refractivity contribution < 1.29 is 4.74 Å². The first-order valence-electron chi connectivity index (χ1n) is 8.88. The number of hydrogen-bond acceptors (Lipinski definition) is 4. The number of nitrogens with zero attached hydrogens (tertiary/aromatic N) is 4. The van der Waals surface area contributed by atoms with Gasteiger partial charge in [0.15, 0.2) is 0 Å². The van der Waals surface area contributed by atoms with Crippen molar-refractivity contribution in [2.45, 2.75) is 13.0 Å². The Labute approximate surface area is 148 Å². The number of rotatable bonds is 4. The van der Waals surface area contributed by atoms with Crippen LogP contribution in [0.15, 0.2) is 48.9 Å². The van der Waals surface area contributed by atoms with E-state index in [9.17, 15) is 0 Å². The summed E-state index contributed by atoms with van der Waals surface area (Å²) in [7, 11) is 2.05. The number of aromatic nitrogens is 3. The van der Waals surface area contributed by atoms with Gasteiger partial charge in [0.25, 0.3) is 0 Å². The Hall–Kier alpha value is -2.24. The number of fused-ring (bicyclic) bond motifs is 1. The van der Waals surface area contributed by atoms with E-state index in [0.29, 0.717) is 5.92 Å². The molecule has 0 amide bonds. The van der Waals surface area contributed by atoms with E-state index in [2.05, 4.69) is 50.7 Å². The predicted octanol–water partition coefficient (Wildman–Crippen LogP) is 2.66. The van der Waals surface area contributed by atoms with Gasteiger partial charge >= 0.3 is 0 Å². The van der Waals surface area contributed by atoms with Gasteiger partial charge in [-0.15, -0.1) is 0 Å². The first-order chi connectivity index (χ1) is 12.3. The largest absolute Gasteiger partial charge is 0.380 e. The SMILES string of the molecule is Cn1ccnc1CN1CCOC[C@H](Cc2ccc3ncccc3c2)C1. The zero-order valence-electron chi connectivity index (χ0n) is 14.6. The number of imidazole rings is 1. The second-order valence-corrected chi connectivity index (χ2v) is 6.87.